The molecule has 1 unspecified atom stereocenters. The SMILES string of the molecule is C=C(C)CC1CCCCCN1. The van der Waals surface area contributed by atoms with E-state index < -0.39 is 0 Å². The third-order valence-corrected chi connectivity index (χ3v) is 2.26. The summed E-state index contributed by atoms with van der Waals surface area (Å²) < 4.78 is 0. The first-order valence-electron chi connectivity index (χ1n) is 4.67. The molecule has 1 heteroatoms. The Morgan fingerprint density at radius 2 is 2.27 bits per heavy atom. The van der Waals surface area contributed by atoms with Gasteiger partial charge in [0.2, 0.25) is 0 Å². The maximum atomic E-state index is 3.94. The van der Waals surface area contributed by atoms with E-state index in [1.165, 1.54) is 44.2 Å². The zero-order valence-corrected chi connectivity index (χ0v) is 7.53. The third kappa shape index (κ3) is 3.57. The van der Waals surface area contributed by atoms with Crippen molar-refractivity contribution in [3.63, 3.8) is 0 Å². The van der Waals surface area contributed by atoms with Gasteiger partial charge in [-0.05, 0) is 32.7 Å². The predicted octanol–water partition coefficient (Wildman–Crippen LogP) is 2.48. The van der Waals surface area contributed by atoms with Crippen molar-refractivity contribution >= 4 is 0 Å². The van der Waals surface area contributed by atoms with Crippen LogP contribution in [0.15, 0.2) is 12.2 Å². The standard InChI is InChI=1S/C10H19N/c1-9(2)8-10-6-4-3-5-7-11-10/h10-11H,1,3-8H2,2H3. The first-order chi connectivity index (χ1) is 5.29. The van der Waals surface area contributed by atoms with Crippen molar-refractivity contribution in [3.8, 4) is 0 Å². The zero-order valence-electron chi connectivity index (χ0n) is 7.53. The monoisotopic (exact) mass is 153 g/mol. The Labute approximate surface area is 69.9 Å². The molecule has 0 aromatic carbocycles. The van der Waals surface area contributed by atoms with Crippen LogP contribution < -0.4 is 5.32 Å². The Morgan fingerprint density at radius 1 is 1.45 bits per heavy atom. The Morgan fingerprint density at radius 3 is 3.00 bits per heavy atom. The Balaban J connectivity index is 2.25. The lowest BCUT2D eigenvalue weighted by Crippen LogP contribution is -2.28. The summed E-state index contributed by atoms with van der Waals surface area (Å²) in [5, 5.41) is 3.55. The summed E-state index contributed by atoms with van der Waals surface area (Å²) in [7, 11) is 0. The van der Waals surface area contributed by atoms with Gasteiger partial charge in [0, 0.05) is 6.04 Å². The zero-order chi connectivity index (χ0) is 8.10. The van der Waals surface area contributed by atoms with Crippen molar-refractivity contribution < 1.29 is 0 Å². The van der Waals surface area contributed by atoms with Crippen LogP contribution in [0.2, 0.25) is 0 Å². The van der Waals surface area contributed by atoms with E-state index in [1.54, 1.807) is 0 Å². The lowest BCUT2D eigenvalue weighted by Gasteiger charge is -2.14. The average Bonchev–Trinajstić information content (AvgIpc) is 2.14. The van der Waals surface area contributed by atoms with Gasteiger partial charge in [-0.15, -0.1) is 6.58 Å². The van der Waals surface area contributed by atoms with Gasteiger partial charge in [-0.1, -0.05) is 18.4 Å². The molecule has 1 nitrogen and oxygen atoms in total. The fraction of sp³-hybridized carbons (Fsp3) is 0.800. The predicted molar refractivity (Wildman–Crippen MR) is 49.7 cm³/mol. The Bertz CT molecular complexity index is 121. The molecule has 1 fully saturated rings. The van der Waals surface area contributed by atoms with E-state index >= 15 is 0 Å². The van der Waals surface area contributed by atoms with E-state index in [9.17, 15) is 0 Å². The highest BCUT2D eigenvalue weighted by Gasteiger charge is 2.10. The van der Waals surface area contributed by atoms with E-state index in [1.807, 2.05) is 0 Å². The number of nitrogens with one attached hydrogen (secondary N) is 1. The molecule has 0 radical (unpaired) electrons. The minimum Gasteiger partial charge on any atom is -0.314 e. The van der Waals surface area contributed by atoms with Gasteiger partial charge in [0.15, 0.2) is 0 Å². The Hall–Kier alpha value is -0.300. The minimum atomic E-state index is 0.718. The van der Waals surface area contributed by atoms with E-state index in [4.69, 9.17) is 0 Å². The van der Waals surface area contributed by atoms with Crippen molar-refractivity contribution in [3.05, 3.63) is 12.2 Å². The number of hydrogen-bond acceptors (Lipinski definition) is 1. The second-order valence-electron chi connectivity index (χ2n) is 3.66. The summed E-state index contributed by atoms with van der Waals surface area (Å²) in [6, 6.07) is 0.718. The summed E-state index contributed by atoms with van der Waals surface area (Å²) in [6.07, 6.45) is 6.66. The van der Waals surface area contributed by atoms with Crippen LogP contribution in [0.25, 0.3) is 0 Å². The summed E-state index contributed by atoms with van der Waals surface area (Å²) in [6.45, 7) is 7.26. The van der Waals surface area contributed by atoms with Crippen LogP contribution in [-0.4, -0.2) is 12.6 Å². The number of hydrogen-bond donors (Lipinski definition) is 1. The maximum absolute atomic E-state index is 3.94. The first kappa shape index (κ1) is 8.79. The highest BCUT2D eigenvalue weighted by Crippen LogP contribution is 2.13. The lowest BCUT2D eigenvalue weighted by atomic mass is 10.0. The van der Waals surface area contributed by atoms with Crippen molar-refractivity contribution in [1.82, 2.24) is 5.32 Å². The first-order valence-corrected chi connectivity index (χ1v) is 4.67. The van der Waals surface area contributed by atoms with Gasteiger partial charge >= 0.3 is 0 Å². The van der Waals surface area contributed by atoms with Gasteiger partial charge < -0.3 is 5.32 Å². The molecule has 1 saturated heterocycles. The van der Waals surface area contributed by atoms with Crippen molar-refractivity contribution in [1.29, 1.82) is 0 Å². The van der Waals surface area contributed by atoms with Gasteiger partial charge in [-0.2, -0.15) is 0 Å². The van der Waals surface area contributed by atoms with Crippen molar-refractivity contribution in [2.45, 2.75) is 45.1 Å². The summed E-state index contributed by atoms with van der Waals surface area (Å²) in [5.41, 5.74) is 1.31. The Kier molecular flexibility index (Phi) is 3.64. The molecule has 0 amide bonds. The fourth-order valence-electron chi connectivity index (χ4n) is 1.70. The van der Waals surface area contributed by atoms with E-state index in [0.29, 0.717) is 0 Å². The van der Waals surface area contributed by atoms with E-state index in [0.717, 1.165) is 6.04 Å². The third-order valence-electron chi connectivity index (χ3n) is 2.26. The molecule has 11 heavy (non-hydrogen) atoms. The second kappa shape index (κ2) is 4.55. The van der Waals surface area contributed by atoms with E-state index in [-0.39, 0.29) is 0 Å². The normalized spacial score (nSPS) is 26.1. The van der Waals surface area contributed by atoms with Gasteiger partial charge in [0.1, 0.15) is 0 Å². The lowest BCUT2D eigenvalue weighted by molar-refractivity contribution is 0.506. The van der Waals surface area contributed by atoms with Gasteiger partial charge in [0.25, 0.3) is 0 Å². The van der Waals surface area contributed by atoms with Crippen LogP contribution in [-0.2, 0) is 0 Å². The largest absolute Gasteiger partial charge is 0.314 e. The molecular weight excluding hydrogens is 134 g/mol. The van der Waals surface area contributed by atoms with Gasteiger partial charge in [-0.25, -0.2) is 0 Å². The summed E-state index contributed by atoms with van der Waals surface area (Å²) in [4.78, 5) is 0. The molecule has 0 bridgehead atoms. The average molecular weight is 153 g/mol. The second-order valence-corrected chi connectivity index (χ2v) is 3.66. The molecule has 0 aromatic rings. The fourth-order valence-corrected chi connectivity index (χ4v) is 1.70. The molecule has 1 N–H and O–H groups in total. The topological polar surface area (TPSA) is 12.0 Å². The van der Waals surface area contributed by atoms with Crippen molar-refractivity contribution in [2.24, 2.45) is 0 Å². The van der Waals surface area contributed by atoms with Crippen LogP contribution in [0.3, 0.4) is 0 Å². The molecule has 64 valence electrons. The molecule has 1 aliphatic heterocycles. The minimum absolute atomic E-state index is 0.718. The van der Waals surface area contributed by atoms with Crippen LogP contribution in [0.5, 0.6) is 0 Å². The highest BCUT2D eigenvalue weighted by atomic mass is 14.9. The molecule has 0 saturated carbocycles. The molecule has 1 heterocycles. The molecule has 0 spiro atoms. The molecule has 0 aromatic heterocycles. The highest BCUT2D eigenvalue weighted by molar-refractivity contribution is 4.93. The van der Waals surface area contributed by atoms with Crippen LogP contribution in [0.1, 0.15) is 39.0 Å². The van der Waals surface area contributed by atoms with Crippen molar-refractivity contribution in [2.75, 3.05) is 6.54 Å². The smallest absolute Gasteiger partial charge is 0.0104 e. The quantitative estimate of drug-likeness (QED) is 0.601. The molecule has 1 rings (SSSR count). The summed E-state index contributed by atoms with van der Waals surface area (Å²) >= 11 is 0. The number of rotatable bonds is 2. The molecular formula is C10H19N. The summed E-state index contributed by atoms with van der Waals surface area (Å²) in [5.74, 6) is 0. The van der Waals surface area contributed by atoms with Gasteiger partial charge in [0.05, 0.1) is 0 Å². The van der Waals surface area contributed by atoms with Crippen LogP contribution in [0.4, 0.5) is 0 Å². The molecule has 0 aliphatic carbocycles. The van der Waals surface area contributed by atoms with Crippen LogP contribution in [0, 0.1) is 0 Å². The maximum Gasteiger partial charge on any atom is 0.0104 e. The van der Waals surface area contributed by atoms with Gasteiger partial charge in [-0.3, -0.25) is 0 Å². The molecule has 1 aliphatic rings. The van der Waals surface area contributed by atoms with Crippen LogP contribution >= 0.6 is 0 Å². The van der Waals surface area contributed by atoms with E-state index in [2.05, 4.69) is 18.8 Å². The molecule has 1 atom stereocenters.